The molecule has 0 atom stereocenters. The molecular weight excluding hydrogens is 330 g/mol. The number of nitrogens with zero attached hydrogens (tertiary/aromatic N) is 1. The molecule has 1 aromatic heterocycles. The van der Waals surface area contributed by atoms with Crippen molar-refractivity contribution < 1.29 is 0 Å². The molecule has 0 radical (unpaired) electrons. The molecule has 0 fully saturated rings. The monoisotopic (exact) mass is 335 g/mol. The van der Waals surface area contributed by atoms with E-state index in [2.05, 4.69) is 55.0 Å². The van der Waals surface area contributed by atoms with E-state index in [1.54, 1.807) is 0 Å². The Morgan fingerprint density at radius 3 is 2.12 bits per heavy atom. The maximum atomic E-state index is 4.41. The lowest BCUT2D eigenvalue weighted by molar-refractivity contribution is 1.41. The summed E-state index contributed by atoms with van der Waals surface area (Å²) in [4.78, 5) is 4.41. The molecule has 0 bridgehead atoms. The Hall–Kier alpha value is -0.930. The van der Waals surface area contributed by atoms with Gasteiger partial charge in [-0.15, -0.1) is 0 Å². The third-order valence-corrected chi connectivity index (χ3v) is 4.31. The number of halogens is 2. The van der Waals surface area contributed by atoms with E-state index in [0.717, 1.165) is 19.8 Å². The van der Waals surface area contributed by atoms with Gasteiger partial charge in [-0.25, -0.2) is 0 Å². The van der Waals surface area contributed by atoms with Crippen LogP contribution < -0.4 is 0 Å². The van der Waals surface area contributed by atoms with Crippen LogP contribution >= 0.6 is 31.9 Å². The molecule has 0 spiro atoms. The molecule has 0 saturated carbocycles. The van der Waals surface area contributed by atoms with Gasteiger partial charge < -0.3 is 0 Å². The fraction of sp³-hybridized carbons (Fsp3) is 0. The largest absolute Gasteiger partial charge is 0.255 e. The number of aromatic nitrogens is 1. The molecule has 3 heteroatoms. The Morgan fingerprint density at radius 2 is 1.38 bits per heavy atom. The predicted molar refractivity (Wildman–Crippen MR) is 74.6 cm³/mol. The maximum Gasteiger partial charge on any atom is 0.0861 e. The third kappa shape index (κ3) is 1.39. The first-order valence-corrected chi connectivity index (χ1v) is 6.48. The highest BCUT2D eigenvalue weighted by atomic mass is 79.9. The van der Waals surface area contributed by atoms with Crippen LogP contribution in [-0.2, 0) is 0 Å². The van der Waals surface area contributed by atoms with Crippen molar-refractivity contribution in [2.45, 2.75) is 0 Å². The molecule has 78 valence electrons. The zero-order valence-corrected chi connectivity index (χ0v) is 11.4. The van der Waals surface area contributed by atoms with Gasteiger partial charge in [-0.1, -0.05) is 30.3 Å². The van der Waals surface area contributed by atoms with Crippen LogP contribution in [0.2, 0.25) is 0 Å². The minimum absolute atomic E-state index is 0.994. The van der Waals surface area contributed by atoms with E-state index in [1.807, 2.05) is 24.4 Å². The van der Waals surface area contributed by atoms with Crippen LogP contribution in [0.25, 0.3) is 21.7 Å². The van der Waals surface area contributed by atoms with Gasteiger partial charge in [0.2, 0.25) is 0 Å². The van der Waals surface area contributed by atoms with Crippen LogP contribution in [0.5, 0.6) is 0 Å². The van der Waals surface area contributed by atoms with E-state index in [4.69, 9.17) is 0 Å². The summed E-state index contributed by atoms with van der Waals surface area (Å²) in [5, 5.41) is 3.52. The van der Waals surface area contributed by atoms with Gasteiger partial charge >= 0.3 is 0 Å². The van der Waals surface area contributed by atoms with E-state index < -0.39 is 0 Å². The van der Waals surface area contributed by atoms with Gasteiger partial charge in [0.15, 0.2) is 0 Å². The molecule has 3 aromatic rings. The lowest BCUT2D eigenvalue weighted by Crippen LogP contribution is -1.84. The molecule has 0 aliphatic carbocycles. The summed E-state index contributed by atoms with van der Waals surface area (Å²) in [7, 11) is 0. The molecule has 0 saturated heterocycles. The molecule has 0 unspecified atom stereocenters. The van der Waals surface area contributed by atoms with Crippen molar-refractivity contribution in [2.75, 3.05) is 0 Å². The van der Waals surface area contributed by atoms with Gasteiger partial charge in [0.25, 0.3) is 0 Å². The summed E-state index contributed by atoms with van der Waals surface area (Å²) in [5.41, 5.74) is 0.994. The van der Waals surface area contributed by atoms with E-state index in [1.165, 1.54) is 10.8 Å². The van der Waals surface area contributed by atoms with Crippen LogP contribution in [0, 0.1) is 0 Å². The maximum absolute atomic E-state index is 4.41. The highest BCUT2D eigenvalue weighted by molar-refractivity contribution is 9.11. The topological polar surface area (TPSA) is 12.9 Å². The second-order valence-corrected chi connectivity index (χ2v) is 5.16. The number of rotatable bonds is 0. The second kappa shape index (κ2) is 3.82. The van der Waals surface area contributed by atoms with Crippen LogP contribution in [-0.4, -0.2) is 4.98 Å². The van der Waals surface area contributed by atoms with Crippen molar-refractivity contribution in [2.24, 2.45) is 0 Å². The van der Waals surface area contributed by atoms with Gasteiger partial charge in [-0.2, -0.15) is 0 Å². The highest BCUT2D eigenvalue weighted by Crippen LogP contribution is 2.37. The highest BCUT2D eigenvalue weighted by Gasteiger charge is 2.10. The fourth-order valence-electron chi connectivity index (χ4n) is 1.90. The number of hydrogen-bond donors (Lipinski definition) is 0. The molecule has 0 N–H and O–H groups in total. The van der Waals surface area contributed by atoms with Crippen molar-refractivity contribution in [3.05, 3.63) is 51.5 Å². The van der Waals surface area contributed by atoms with Crippen LogP contribution in [0.1, 0.15) is 0 Å². The Bertz CT molecular complexity index is 575. The minimum Gasteiger partial charge on any atom is -0.255 e. The van der Waals surface area contributed by atoms with Gasteiger partial charge in [0.05, 0.1) is 9.99 Å². The van der Waals surface area contributed by atoms with Gasteiger partial charge in [-0.05, 0) is 48.7 Å². The number of benzene rings is 2. The smallest absolute Gasteiger partial charge is 0.0861 e. The van der Waals surface area contributed by atoms with Crippen LogP contribution in [0.3, 0.4) is 0 Å². The molecule has 1 heterocycles. The molecule has 16 heavy (non-hydrogen) atoms. The lowest BCUT2D eigenvalue weighted by Gasteiger charge is -2.08. The Morgan fingerprint density at radius 1 is 0.750 bits per heavy atom. The SMILES string of the molecule is Brc1c2ccccc2c(Br)c2ncccc12. The van der Waals surface area contributed by atoms with E-state index in [-0.39, 0.29) is 0 Å². The summed E-state index contributed by atoms with van der Waals surface area (Å²) in [6.45, 7) is 0. The van der Waals surface area contributed by atoms with Crippen molar-refractivity contribution >= 4 is 53.5 Å². The van der Waals surface area contributed by atoms with Gasteiger partial charge in [-0.3, -0.25) is 4.98 Å². The predicted octanol–water partition coefficient (Wildman–Crippen LogP) is 4.91. The Balaban J connectivity index is 2.67. The Labute approximate surface area is 110 Å². The summed E-state index contributed by atoms with van der Waals surface area (Å²) >= 11 is 7.29. The average Bonchev–Trinajstić information content (AvgIpc) is 2.36. The molecule has 3 rings (SSSR count). The normalized spacial score (nSPS) is 11.1. The standard InChI is InChI=1S/C13H7Br2N/c14-11-8-4-1-2-5-9(8)12(15)13-10(11)6-3-7-16-13/h1-7H. The molecule has 0 aliphatic rings. The molecule has 0 amide bonds. The summed E-state index contributed by atoms with van der Waals surface area (Å²) in [6.07, 6.45) is 1.81. The lowest BCUT2D eigenvalue weighted by atomic mass is 10.1. The van der Waals surface area contributed by atoms with E-state index in [9.17, 15) is 0 Å². The first kappa shape index (κ1) is 10.2. The zero-order chi connectivity index (χ0) is 11.1. The molecule has 2 aromatic carbocycles. The zero-order valence-electron chi connectivity index (χ0n) is 8.24. The van der Waals surface area contributed by atoms with Crippen molar-refractivity contribution in [3.63, 3.8) is 0 Å². The van der Waals surface area contributed by atoms with Crippen LogP contribution in [0.4, 0.5) is 0 Å². The summed E-state index contributed by atoms with van der Waals surface area (Å²) < 4.78 is 2.16. The third-order valence-electron chi connectivity index (χ3n) is 2.65. The quantitative estimate of drug-likeness (QED) is 0.531. The minimum atomic E-state index is 0.994. The van der Waals surface area contributed by atoms with E-state index in [0.29, 0.717) is 0 Å². The number of hydrogen-bond acceptors (Lipinski definition) is 1. The van der Waals surface area contributed by atoms with Crippen LogP contribution in [0.15, 0.2) is 51.5 Å². The first-order valence-electron chi connectivity index (χ1n) is 4.89. The first-order chi connectivity index (χ1) is 7.79. The average molecular weight is 337 g/mol. The number of fused-ring (bicyclic) bond motifs is 2. The van der Waals surface area contributed by atoms with E-state index >= 15 is 0 Å². The second-order valence-electron chi connectivity index (χ2n) is 3.57. The van der Waals surface area contributed by atoms with Crippen molar-refractivity contribution in [3.8, 4) is 0 Å². The fourth-order valence-corrected chi connectivity index (χ4v) is 3.22. The summed E-state index contributed by atoms with van der Waals surface area (Å²) in [6, 6.07) is 12.3. The van der Waals surface area contributed by atoms with Crippen molar-refractivity contribution in [1.82, 2.24) is 4.98 Å². The summed E-state index contributed by atoms with van der Waals surface area (Å²) in [5.74, 6) is 0. The van der Waals surface area contributed by atoms with Crippen molar-refractivity contribution in [1.29, 1.82) is 0 Å². The number of pyridine rings is 1. The molecule has 1 nitrogen and oxygen atoms in total. The van der Waals surface area contributed by atoms with Gasteiger partial charge in [0.1, 0.15) is 0 Å². The van der Waals surface area contributed by atoms with Gasteiger partial charge in [0, 0.05) is 16.1 Å². The molecular formula is C13H7Br2N. The molecule has 0 aliphatic heterocycles. The Kier molecular flexibility index (Phi) is 2.45.